The molecule has 0 saturated heterocycles. The van der Waals surface area contributed by atoms with E-state index in [1.54, 1.807) is 19.1 Å². The summed E-state index contributed by atoms with van der Waals surface area (Å²) in [4.78, 5) is 0. The molecule has 1 heteroatoms. The summed E-state index contributed by atoms with van der Waals surface area (Å²) in [5.41, 5.74) is 0. The molecule has 0 aliphatic rings. The Labute approximate surface area is 56.1 Å². The maximum absolute atomic E-state index is 12.4. The molecule has 0 rings (SSSR count). The van der Waals surface area contributed by atoms with E-state index in [0.717, 1.165) is 0 Å². The number of hydrogen-bond donors (Lipinski definition) is 0. The third kappa shape index (κ3) is 5.28. The van der Waals surface area contributed by atoms with E-state index < -0.39 is 0 Å². The first-order chi connectivity index (χ1) is 4.16. The molecule has 0 bridgehead atoms. The summed E-state index contributed by atoms with van der Waals surface area (Å²) in [6.45, 7) is 5.69. The molecule has 0 spiro atoms. The number of rotatable bonds is 2. The fraction of sp³-hybridized carbons (Fsp3) is 0.500. The van der Waals surface area contributed by atoms with Crippen LogP contribution in [0.5, 0.6) is 0 Å². The molecule has 0 aromatic rings. The van der Waals surface area contributed by atoms with Gasteiger partial charge >= 0.3 is 0 Å². The molecule has 0 radical (unpaired) electrons. The monoisotopic (exact) mass is 128 g/mol. The molecule has 0 heterocycles. The van der Waals surface area contributed by atoms with Gasteiger partial charge in [-0.1, -0.05) is 19.9 Å². The Morgan fingerprint density at radius 3 is 2.33 bits per heavy atom. The van der Waals surface area contributed by atoms with Crippen LogP contribution in [-0.2, 0) is 0 Å². The maximum Gasteiger partial charge on any atom is 0.119 e. The van der Waals surface area contributed by atoms with E-state index in [4.69, 9.17) is 0 Å². The minimum absolute atomic E-state index is 0.146. The lowest BCUT2D eigenvalue weighted by atomic mass is 10.2. The largest absolute Gasteiger partial charge is 0.207 e. The van der Waals surface area contributed by atoms with Gasteiger partial charge in [0, 0.05) is 0 Å². The second-order valence-corrected chi connectivity index (χ2v) is 2.30. The standard InChI is InChI=1S/C8H13F/c1-4-5-8(9)6-7(2)3/h4-7H,1-3H3/b5-4-,8-6+. The predicted molar refractivity (Wildman–Crippen MR) is 38.8 cm³/mol. The molecule has 0 saturated carbocycles. The highest BCUT2D eigenvalue weighted by Gasteiger charge is 1.88. The first kappa shape index (κ1) is 8.41. The zero-order valence-electron chi connectivity index (χ0n) is 6.19. The van der Waals surface area contributed by atoms with Crippen molar-refractivity contribution >= 4 is 0 Å². The van der Waals surface area contributed by atoms with Crippen molar-refractivity contribution < 1.29 is 4.39 Å². The minimum Gasteiger partial charge on any atom is -0.207 e. The number of hydrogen-bond acceptors (Lipinski definition) is 0. The van der Waals surface area contributed by atoms with Crippen LogP contribution in [0.1, 0.15) is 20.8 Å². The second kappa shape index (κ2) is 4.30. The summed E-state index contributed by atoms with van der Waals surface area (Å²) < 4.78 is 12.4. The molecular formula is C8H13F. The summed E-state index contributed by atoms with van der Waals surface area (Å²) in [6, 6.07) is 0. The summed E-state index contributed by atoms with van der Waals surface area (Å²) >= 11 is 0. The summed E-state index contributed by atoms with van der Waals surface area (Å²) in [6.07, 6.45) is 4.73. The molecule has 0 aliphatic carbocycles. The molecule has 9 heavy (non-hydrogen) atoms. The van der Waals surface area contributed by atoms with E-state index in [2.05, 4.69) is 0 Å². The first-order valence-corrected chi connectivity index (χ1v) is 3.17. The summed E-state index contributed by atoms with van der Waals surface area (Å²) in [5.74, 6) is 0.147. The Kier molecular flexibility index (Phi) is 4.02. The average Bonchev–Trinajstić information content (AvgIpc) is 1.63. The minimum atomic E-state index is -0.146. The van der Waals surface area contributed by atoms with Crippen molar-refractivity contribution in [3.63, 3.8) is 0 Å². The highest BCUT2D eigenvalue weighted by molar-refractivity contribution is 5.10. The Bertz CT molecular complexity index is 121. The predicted octanol–water partition coefficient (Wildman–Crippen LogP) is 3.07. The van der Waals surface area contributed by atoms with Gasteiger partial charge in [-0.3, -0.25) is 0 Å². The van der Waals surface area contributed by atoms with Crippen LogP contribution in [0, 0.1) is 5.92 Å². The van der Waals surface area contributed by atoms with E-state index in [9.17, 15) is 4.39 Å². The normalized spacial score (nSPS) is 13.7. The summed E-state index contributed by atoms with van der Waals surface area (Å²) in [5, 5.41) is 0. The van der Waals surface area contributed by atoms with Crippen LogP contribution in [0.3, 0.4) is 0 Å². The fourth-order valence-electron chi connectivity index (χ4n) is 0.533. The van der Waals surface area contributed by atoms with Gasteiger partial charge in [0.15, 0.2) is 0 Å². The smallest absolute Gasteiger partial charge is 0.119 e. The molecule has 0 nitrogen and oxygen atoms in total. The lowest BCUT2D eigenvalue weighted by Gasteiger charge is -1.91. The Hall–Kier alpha value is -0.590. The zero-order chi connectivity index (χ0) is 7.28. The van der Waals surface area contributed by atoms with E-state index in [0.29, 0.717) is 5.92 Å². The zero-order valence-corrected chi connectivity index (χ0v) is 6.19. The average molecular weight is 128 g/mol. The Morgan fingerprint density at radius 1 is 1.44 bits per heavy atom. The van der Waals surface area contributed by atoms with Crippen molar-refractivity contribution in [3.8, 4) is 0 Å². The van der Waals surface area contributed by atoms with E-state index >= 15 is 0 Å². The van der Waals surface area contributed by atoms with Gasteiger partial charge in [0.1, 0.15) is 5.83 Å². The van der Waals surface area contributed by atoms with Gasteiger partial charge in [-0.2, -0.15) is 0 Å². The van der Waals surface area contributed by atoms with Gasteiger partial charge in [0.05, 0.1) is 0 Å². The lowest BCUT2D eigenvalue weighted by Crippen LogP contribution is -1.78. The van der Waals surface area contributed by atoms with Crippen LogP contribution >= 0.6 is 0 Å². The van der Waals surface area contributed by atoms with Crippen LogP contribution in [0.2, 0.25) is 0 Å². The first-order valence-electron chi connectivity index (χ1n) is 3.17. The Balaban J connectivity index is 3.84. The summed E-state index contributed by atoms with van der Waals surface area (Å²) in [7, 11) is 0. The van der Waals surface area contributed by atoms with E-state index in [-0.39, 0.29) is 5.83 Å². The van der Waals surface area contributed by atoms with Crippen molar-refractivity contribution in [2.75, 3.05) is 0 Å². The molecule has 0 fully saturated rings. The lowest BCUT2D eigenvalue weighted by molar-refractivity contribution is 0.644. The van der Waals surface area contributed by atoms with Gasteiger partial charge in [-0.25, -0.2) is 4.39 Å². The van der Waals surface area contributed by atoms with Crippen LogP contribution in [0.4, 0.5) is 4.39 Å². The van der Waals surface area contributed by atoms with Crippen molar-refractivity contribution in [1.29, 1.82) is 0 Å². The van der Waals surface area contributed by atoms with Crippen molar-refractivity contribution in [1.82, 2.24) is 0 Å². The molecule has 0 aromatic heterocycles. The number of halogens is 1. The van der Waals surface area contributed by atoms with Crippen LogP contribution in [0.15, 0.2) is 24.1 Å². The topological polar surface area (TPSA) is 0 Å². The highest BCUT2D eigenvalue weighted by atomic mass is 19.1. The SMILES string of the molecule is C/C=C\C(F)=C/C(C)C. The number of allylic oxidation sites excluding steroid dienone is 4. The molecule has 0 aliphatic heterocycles. The highest BCUT2D eigenvalue weighted by Crippen LogP contribution is 2.04. The third-order valence-corrected chi connectivity index (χ3v) is 0.818. The van der Waals surface area contributed by atoms with Crippen molar-refractivity contribution in [2.45, 2.75) is 20.8 Å². The molecule has 0 N–H and O–H groups in total. The molecule has 0 unspecified atom stereocenters. The molecule has 0 aromatic carbocycles. The van der Waals surface area contributed by atoms with E-state index in [1.165, 1.54) is 6.08 Å². The molecule has 0 amide bonds. The quantitative estimate of drug-likeness (QED) is 0.501. The van der Waals surface area contributed by atoms with Crippen molar-refractivity contribution in [3.05, 3.63) is 24.1 Å². The van der Waals surface area contributed by atoms with E-state index in [1.807, 2.05) is 13.8 Å². The third-order valence-electron chi connectivity index (χ3n) is 0.818. The van der Waals surface area contributed by atoms with Gasteiger partial charge in [-0.05, 0) is 25.0 Å². The van der Waals surface area contributed by atoms with Gasteiger partial charge in [0.2, 0.25) is 0 Å². The molecule has 52 valence electrons. The van der Waals surface area contributed by atoms with Gasteiger partial charge in [0.25, 0.3) is 0 Å². The Morgan fingerprint density at radius 2 is 2.00 bits per heavy atom. The van der Waals surface area contributed by atoms with Gasteiger partial charge in [-0.15, -0.1) is 0 Å². The molecular weight excluding hydrogens is 115 g/mol. The van der Waals surface area contributed by atoms with Crippen LogP contribution in [0.25, 0.3) is 0 Å². The van der Waals surface area contributed by atoms with Crippen LogP contribution < -0.4 is 0 Å². The van der Waals surface area contributed by atoms with Crippen LogP contribution in [-0.4, -0.2) is 0 Å². The fourth-order valence-corrected chi connectivity index (χ4v) is 0.533. The maximum atomic E-state index is 12.4. The van der Waals surface area contributed by atoms with Gasteiger partial charge < -0.3 is 0 Å². The molecule has 0 atom stereocenters. The second-order valence-electron chi connectivity index (χ2n) is 2.30. The van der Waals surface area contributed by atoms with Crippen molar-refractivity contribution in [2.24, 2.45) is 5.92 Å².